The maximum absolute atomic E-state index is 11.2. The first-order chi connectivity index (χ1) is 13.2. The SMILES string of the molecule is C[C@H](CCC(=O)O)[C@@H]1CC[C@H]2[C@@H]3[C@@H](CC[C@@]21C)[C@@]1(C)CC[C@@H](O)C[C@H]1C[C@@H]3O. The van der Waals surface area contributed by atoms with Crippen LogP contribution in [0.15, 0.2) is 0 Å². The van der Waals surface area contributed by atoms with E-state index >= 15 is 0 Å². The van der Waals surface area contributed by atoms with Crippen molar-refractivity contribution in [1.82, 2.24) is 0 Å². The van der Waals surface area contributed by atoms with Gasteiger partial charge in [0.1, 0.15) is 0 Å². The first-order valence-electron chi connectivity index (χ1n) is 11.7. The molecule has 4 fully saturated rings. The van der Waals surface area contributed by atoms with Crippen molar-refractivity contribution in [2.45, 2.75) is 97.2 Å². The Morgan fingerprint density at radius 2 is 1.68 bits per heavy atom. The van der Waals surface area contributed by atoms with Gasteiger partial charge >= 0.3 is 5.97 Å². The predicted octanol–water partition coefficient (Wildman–Crippen LogP) is 4.48. The number of aliphatic carboxylic acids is 1. The summed E-state index contributed by atoms with van der Waals surface area (Å²) in [5, 5.41) is 30.5. The molecule has 0 saturated heterocycles. The molecular weight excluding hydrogens is 352 g/mol. The number of fused-ring (bicyclic) bond motifs is 5. The van der Waals surface area contributed by atoms with Crippen LogP contribution in [-0.2, 0) is 4.79 Å². The molecular formula is C24H40O4. The van der Waals surface area contributed by atoms with E-state index in [0.29, 0.717) is 35.5 Å². The maximum atomic E-state index is 11.2. The molecule has 0 aromatic carbocycles. The van der Waals surface area contributed by atoms with Gasteiger partial charge in [-0.05, 0) is 104 Å². The molecule has 0 heterocycles. The molecule has 0 radical (unpaired) electrons. The van der Waals surface area contributed by atoms with E-state index in [0.717, 1.165) is 32.1 Å². The van der Waals surface area contributed by atoms with Crippen molar-refractivity contribution in [3.63, 3.8) is 0 Å². The molecule has 0 aromatic rings. The summed E-state index contributed by atoms with van der Waals surface area (Å²) in [7, 11) is 0. The summed E-state index contributed by atoms with van der Waals surface area (Å²) in [6.45, 7) is 7.16. The summed E-state index contributed by atoms with van der Waals surface area (Å²) in [6.07, 6.45) is 9.19. The zero-order valence-electron chi connectivity index (χ0n) is 17.9. The number of hydrogen-bond acceptors (Lipinski definition) is 3. The van der Waals surface area contributed by atoms with Crippen molar-refractivity contribution >= 4 is 5.97 Å². The lowest BCUT2D eigenvalue weighted by atomic mass is 9.43. The first kappa shape index (κ1) is 20.7. The summed E-state index contributed by atoms with van der Waals surface area (Å²) >= 11 is 0. The van der Waals surface area contributed by atoms with Crippen molar-refractivity contribution in [3.8, 4) is 0 Å². The summed E-state index contributed by atoms with van der Waals surface area (Å²) in [6, 6.07) is 0. The highest BCUT2D eigenvalue weighted by atomic mass is 16.4. The molecule has 3 N–H and O–H groups in total. The highest BCUT2D eigenvalue weighted by Gasteiger charge is 2.62. The van der Waals surface area contributed by atoms with E-state index in [4.69, 9.17) is 5.11 Å². The number of carboxylic acids is 1. The van der Waals surface area contributed by atoms with Gasteiger partial charge < -0.3 is 15.3 Å². The Morgan fingerprint density at radius 3 is 2.39 bits per heavy atom. The summed E-state index contributed by atoms with van der Waals surface area (Å²) in [5.74, 6) is 2.36. The molecule has 0 unspecified atom stereocenters. The summed E-state index contributed by atoms with van der Waals surface area (Å²) in [4.78, 5) is 11.1. The molecule has 4 aliphatic rings. The van der Waals surface area contributed by atoms with E-state index in [1.54, 1.807) is 0 Å². The molecule has 4 rings (SSSR count). The van der Waals surface area contributed by atoms with Gasteiger partial charge in [0.15, 0.2) is 0 Å². The van der Waals surface area contributed by atoms with Crippen LogP contribution in [0.3, 0.4) is 0 Å². The number of carbonyl (C=O) groups is 1. The molecule has 28 heavy (non-hydrogen) atoms. The lowest BCUT2D eigenvalue weighted by Gasteiger charge is -2.62. The second-order valence-corrected chi connectivity index (χ2v) is 11.4. The van der Waals surface area contributed by atoms with Gasteiger partial charge in [0.25, 0.3) is 0 Å². The van der Waals surface area contributed by atoms with Crippen LogP contribution in [-0.4, -0.2) is 33.5 Å². The molecule has 4 heteroatoms. The Kier molecular flexibility index (Phi) is 5.36. The van der Waals surface area contributed by atoms with Crippen LogP contribution < -0.4 is 0 Å². The predicted molar refractivity (Wildman–Crippen MR) is 109 cm³/mol. The molecule has 4 saturated carbocycles. The second-order valence-electron chi connectivity index (χ2n) is 11.4. The van der Waals surface area contributed by atoms with Crippen LogP contribution in [0.4, 0.5) is 0 Å². The number of hydrogen-bond donors (Lipinski definition) is 3. The van der Waals surface area contributed by atoms with Gasteiger partial charge in [-0.25, -0.2) is 0 Å². The maximum Gasteiger partial charge on any atom is 0.303 e. The van der Waals surface area contributed by atoms with Gasteiger partial charge in [-0.2, -0.15) is 0 Å². The molecule has 0 aliphatic heterocycles. The largest absolute Gasteiger partial charge is 0.481 e. The minimum atomic E-state index is -0.684. The Hall–Kier alpha value is -0.610. The van der Waals surface area contributed by atoms with Gasteiger partial charge in [-0.3, -0.25) is 4.79 Å². The average Bonchev–Trinajstić information content (AvgIpc) is 2.98. The van der Waals surface area contributed by atoms with Gasteiger partial charge in [0.2, 0.25) is 0 Å². The molecule has 0 amide bonds. The molecule has 0 bridgehead atoms. The quantitative estimate of drug-likeness (QED) is 0.659. The topological polar surface area (TPSA) is 77.8 Å². The fourth-order valence-corrected chi connectivity index (χ4v) is 8.73. The smallest absolute Gasteiger partial charge is 0.303 e. The number of rotatable bonds is 4. The zero-order valence-corrected chi connectivity index (χ0v) is 17.9. The van der Waals surface area contributed by atoms with Gasteiger partial charge in [0.05, 0.1) is 12.2 Å². The number of carboxylic acid groups (broad SMARTS) is 1. The third-order valence-electron chi connectivity index (χ3n) is 10.2. The van der Waals surface area contributed by atoms with E-state index < -0.39 is 5.97 Å². The van der Waals surface area contributed by atoms with Crippen LogP contribution in [0.2, 0.25) is 0 Å². The first-order valence-corrected chi connectivity index (χ1v) is 11.7. The molecule has 0 spiro atoms. The van der Waals surface area contributed by atoms with Crippen molar-refractivity contribution in [2.75, 3.05) is 0 Å². The highest BCUT2D eigenvalue weighted by molar-refractivity contribution is 5.66. The standard InChI is InChI=1S/C24H40O4/c1-14(4-7-21(27)28)17-5-6-18-22-19(9-11-24(17,18)3)23(2)10-8-16(25)12-15(23)13-20(22)26/h14-20,22,25-26H,4-13H2,1-3H3,(H,27,28)/t14-,15+,16-,17+,18+,19-,20+,22-,23+,24-/m1/s1. The Morgan fingerprint density at radius 1 is 1.00 bits per heavy atom. The molecule has 4 nitrogen and oxygen atoms in total. The molecule has 0 aromatic heterocycles. The monoisotopic (exact) mass is 392 g/mol. The summed E-state index contributed by atoms with van der Waals surface area (Å²) < 4.78 is 0. The van der Waals surface area contributed by atoms with Crippen molar-refractivity contribution in [3.05, 3.63) is 0 Å². The minimum Gasteiger partial charge on any atom is -0.481 e. The average molecular weight is 393 g/mol. The molecule has 160 valence electrons. The fourth-order valence-electron chi connectivity index (χ4n) is 8.73. The number of aliphatic hydroxyl groups excluding tert-OH is 2. The minimum absolute atomic E-state index is 0.179. The van der Waals surface area contributed by atoms with Crippen molar-refractivity contribution in [2.24, 2.45) is 46.3 Å². The Labute approximate surface area is 170 Å². The van der Waals surface area contributed by atoms with Crippen LogP contribution >= 0.6 is 0 Å². The van der Waals surface area contributed by atoms with E-state index in [-0.39, 0.29) is 29.5 Å². The lowest BCUT2D eigenvalue weighted by Crippen LogP contribution is -2.58. The summed E-state index contributed by atoms with van der Waals surface area (Å²) in [5.41, 5.74) is 0.523. The van der Waals surface area contributed by atoms with Crippen LogP contribution in [0.1, 0.15) is 85.0 Å². The normalized spacial score (nSPS) is 51.7. The lowest BCUT2D eigenvalue weighted by molar-refractivity contribution is -0.174. The Balaban J connectivity index is 1.55. The molecule has 10 atom stereocenters. The van der Waals surface area contributed by atoms with Crippen molar-refractivity contribution in [1.29, 1.82) is 0 Å². The van der Waals surface area contributed by atoms with E-state index in [1.165, 1.54) is 25.7 Å². The molecule has 4 aliphatic carbocycles. The highest BCUT2D eigenvalue weighted by Crippen LogP contribution is 2.68. The Bertz CT molecular complexity index is 605. The van der Waals surface area contributed by atoms with Gasteiger partial charge in [-0.1, -0.05) is 20.8 Å². The van der Waals surface area contributed by atoms with E-state index in [2.05, 4.69) is 20.8 Å². The van der Waals surface area contributed by atoms with E-state index in [1.807, 2.05) is 0 Å². The second kappa shape index (κ2) is 7.27. The third kappa shape index (κ3) is 3.14. The third-order valence-corrected chi connectivity index (χ3v) is 10.2. The van der Waals surface area contributed by atoms with Gasteiger partial charge in [0, 0.05) is 6.42 Å². The van der Waals surface area contributed by atoms with Crippen molar-refractivity contribution < 1.29 is 20.1 Å². The van der Waals surface area contributed by atoms with Gasteiger partial charge in [-0.15, -0.1) is 0 Å². The fraction of sp³-hybridized carbons (Fsp3) is 0.958. The zero-order chi connectivity index (χ0) is 20.3. The van der Waals surface area contributed by atoms with Crippen LogP contribution in [0.5, 0.6) is 0 Å². The van der Waals surface area contributed by atoms with Crippen LogP contribution in [0, 0.1) is 46.3 Å². The number of aliphatic hydroxyl groups is 2. The van der Waals surface area contributed by atoms with E-state index in [9.17, 15) is 15.0 Å². The van der Waals surface area contributed by atoms with Crippen LogP contribution in [0.25, 0.3) is 0 Å².